The van der Waals surface area contributed by atoms with Gasteiger partial charge in [-0.25, -0.2) is 0 Å². The van der Waals surface area contributed by atoms with E-state index in [4.69, 9.17) is 5.84 Å². The molecule has 1 fully saturated rings. The molecule has 0 bridgehead atoms. The predicted molar refractivity (Wildman–Crippen MR) is 70.6 cm³/mol. The minimum Gasteiger partial charge on any atom is -0.363 e. The summed E-state index contributed by atoms with van der Waals surface area (Å²) in [4.78, 5) is 15.0. The van der Waals surface area contributed by atoms with E-state index in [0.717, 1.165) is 26.2 Å². The molecular formula is C11H17N5O2. The van der Waals surface area contributed by atoms with Gasteiger partial charge in [0, 0.05) is 26.2 Å². The van der Waals surface area contributed by atoms with Crippen molar-refractivity contribution in [3.05, 3.63) is 28.3 Å². The van der Waals surface area contributed by atoms with Gasteiger partial charge in [-0.1, -0.05) is 6.07 Å². The zero-order valence-electron chi connectivity index (χ0n) is 10.3. The van der Waals surface area contributed by atoms with Gasteiger partial charge < -0.3 is 15.2 Å². The number of para-hydroxylation sites is 1. The normalized spacial score (nSPS) is 16.7. The maximum Gasteiger partial charge on any atom is 0.316 e. The molecule has 2 rings (SSSR count). The van der Waals surface area contributed by atoms with Crippen LogP contribution in [-0.4, -0.2) is 43.0 Å². The third kappa shape index (κ3) is 2.36. The molecule has 1 aromatic carbocycles. The molecule has 0 unspecified atom stereocenters. The van der Waals surface area contributed by atoms with Crippen molar-refractivity contribution in [3.63, 3.8) is 0 Å². The molecule has 1 saturated heterocycles. The largest absolute Gasteiger partial charge is 0.363 e. The van der Waals surface area contributed by atoms with Crippen molar-refractivity contribution in [2.24, 2.45) is 5.84 Å². The zero-order valence-corrected chi connectivity index (χ0v) is 10.3. The summed E-state index contributed by atoms with van der Waals surface area (Å²) in [7, 11) is 2.05. The topological polar surface area (TPSA) is 87.7 Å². The maximum atomic E-state index is 11.2. The van der Waals surface area contributed by atoms with Gasteiger partial charge in [0.05, 0.1) is 4.92 Å². The highest BCUT2D eigenvalue weighted by Crippen LogP contribution is 2.35. The smallest absolute Gasteiger partial charge is 0.316 e. The van der Waals surface area contributed by atoms with Gasteiger partial charge in [0.25, 0.3) is 0 Å². The Morgan fingerprint density at radius 1 is 1.33 bits per heavy atom. The summed E-state index contributed by atoms with van der Waals surface area (Å²) in [6.07, 6.45) is 0. The molecule has 0 amide bonds. The Kier molecular flexibility index (Phi) is 3.63. The molecule has 0 saturated carbocycles. The van der Waals surface area contributed by atoms with E-state index in [-0.39, 0.29) is 10.6 Å². The van der Waals surface area contributed by atoms with Gasteiger partial charge in [-0.05, 0) is 19.2 Å². The fraction of sp³-hybridized carbons (Fsp3) is 0.455. The second-order valence-corrected chi connectivity index (χ2v) is 4.37. The highest BCUT2D eigenvalue weighted by molar-refractivity contribution is 5.76. The first-order valence-corrected chi connectivity index (χ1v) is 5.81. The molecule has 1 aliphatic heterocycles. The van der Waals surface area contributed by atoms with Crippen LogP contribution in [0, 0.1) is 10.1 Å². The quantitative estimate of drug-likeness (QED) is 0.465. The van der Waals surface area contributed by atoms with E-state index in [1.807, 2.05) is 11.9 Å². The lowest BCUT2D eigenvalue weighted by molar-refractivity contribution is -0.383. The fourth-order valence-corrected chi connectivity index (χ4v) is 2.14. The second-order valence-electron chi connectivity index (χ2n) is 4.37. The van der Waals surface area contributed by atoms with E-state index in [2.05, 4.69) is 10.3 Å². The van der Waals surface area contributed by atoms with Gasteiger partial charge in [0.2, 0.25) is 0 Å². The number of nitrogens with two attached hydrogens (primary N) is 1. The summed E-state index contributed by atoms with van der Waals surface area (Å²) >= 11 is 0. The fourth-order valence-electron chi connectivity index (χ4n) is 2.14. The van der Waals surface area contributed by atoms with Crippen molar-refractivity contribution in [1.82, 2.24) is 4.90 Å². The maximum absolute atomic E-state index is 11.2. The van der Waals surface area contributed by atoms with Crippen molar-refractivity contribution in [2.45, 2.75) is 0 Å². The molecule has 7 heteroatoms. The summed E-state index contributed by atoms with van der Waals surface area (Å²) in [5.41, 5.74) is 3.40. The van der Waals surface area contributed by atoms with Gasteiger partial charge in [-0.15, -0.1) is 0 Å². The highest BCUT2D eigenvalue weighted by atomic mass is 16.6. The molecule has 18 heavy (non-hydrogen) atoms. The molecule has 0 aliphatic carbocycles. The van der Waals surface area contributed by atoms with Crippen LogP contribution < -0.4 is 16.2 Å². The number of piperazine rings is 1. The molecule has 0 spiro atoms. The first-order valence-electron chi connectivity index (χ1n) is 5.81. The molecule has 1 aromatic rings. The minimum absolute atomic E-state index is 0.0459. The number of benzene rings is 1. The number of rotatable bonds is 3. The molecule has 0 aromatic heterocycles. The van der Waals surface area contributed by atoms with Gasteiger partial charge in [0.1, 0.15) is 11.4 Å². The van der Waals surface area contributed by atoms with Crippen molar-refractivity contribution < 1.29 is 4.92 Å². The first-order chi connectivity index (χ1) is 8.63. The average Bonchev–Trinajstić information content (AvgIpc) is 2.38. The standard InChI is InChI=1S/C11H17N5O2/c1-14-5-7-15(8-6-14)10-4-2-3-9(13-12)11(10)16(17)18/h2-4,13H,5-8,12H2,1H3. The van der Waals surface area contributed by atoms with Crippen LogP contribution in [0.5, 0.6) is 0 Å². The highest BCUT2D eigenvalue weighted by Gasteiger charge is 2.25. The van der Waals surface area contributed by atoms with Crippen LogP contribution in [0.1, 0.15) is 0 Å². The summed E-state index contributed by atoms with van der Waals surface area (Å²) in [6, 6.07) is 5.15. The van der Waals surface area contributed by atoms with Crippen LogP contribution in [0.15, 0.2) is 18.2 Å². The van der Waals surface area contributed by atoms with E-state index in [1.165, 1.54) is 0 Å². The number of hydrogen-bond donors (Lipinski definition) is 2. The van der Waals surface area contributed by atoms with E-state index >= 15 is 0 Å². The second kappa shape index (κ2) is 5.19. The van der Waals surface area contributed by atoms with Gasteiger partial charge in [0.15, 0.2) is 0 Å². The Bertz CT molecular complexity index is 443. The average molecular weight is 251 g/mol. The van der Waals surface area contributed by atoms with Crippen LogP contribution in [-0.2, 0) is 0 Å². The number of nitrogens with zero attached hydrogens (tertiary/aromatic N) is 3. The summed E-state index contributed by atoms with van der Waals surface area (Å²) in [6.45, 7) is 3.37. The SMILES string of the molecule is CN1CCN(c2cccc(NN)c2[N+](=O)[O-])CC1. The number of nitro benzene ring substituents is 1. The van der Waals surface area contributed by atoms with E-state index in [1.54, 1.807) is 18.2 Å². The Morgan fingerprint density at radius 3 is 2.56 bits per heavy atom. The van der Waals surface area contributed by atoms with Gasteiger partial charge in [-0.3, -0.25) is 16.0 Å². The Hall–Kier alpha value is -1.86. The molecule has 0 atom stereocenters. The van der Waals surface area contributed by atoms with Crippen molar-refractivity contribution in [2.75, 3.05) is 43.6 Å². The molecule has 3 N–H and O–H groups in total. The van der Waals surface area contributed by atoms with Crippen LogP contribution in [0.3, 0.4) is 0 Å². The van der Waals surface area contributed by atoms with Crippen LogP contribution in [0.2, 0.25) is 0 Å². The van der Waals surface area contributed by atoms with Crippen LogP contribution >= 0.6 is 0 Å². The monoisotopic (exact) mass is 251 g/mol. The van der Waals surface area contributed by atoms with Crippen molar-refractivity contribution in [3.8, 4) is 0 Å². The van der Waals surface area contributed by atoms with E-state index < -0.39 is 0 Å². The van der Waals surface area contributed by atoms with Gasteiger partial charge in [-0.2, -0.15) is 0 Å². The number of anilines is 2. The third-order valence-electron chi connectivity index (χ3n) is 3.20. The molecule has 0 radical (unpaired) electrons. The first kappa shape index (κ1) is 12.6. The zero-order chi connectivity index (χ0) is 13.1. The lowest BCUT2D eigenvalue weighted by Crippen LogP contribution is -2.44. The number of nitro groups is 1. The lowest BCUT2D eigenvalue weighted by Gasteiger charge is -2.33. The minimum atomic E-state index is -0.386. The Balaban J connectivity index is 2.35. The number of nitrogen functional groups attached to an aromatic ring is 1. The summed E-state index contributed by atoms with van der Waals surface area (Å²) in [5.74, 6) is 5.33. The van der Waals surface area contributed by atoms with E-state index in [9.17, 15) is 10.1 Å². The molecule has 98 valence electrons. The molecular weight excluding hydrogens is 234 g/mol. The summed E-state index contributed by atoms with van der Waals surface area (Å²) in [5, 5.41) is 11.2. The molecule has 7 nitrogen and oxygen atoms in total. The van der Waals surface area contributed by atoms with Crippen LogP contribution in [0.4, 0.5) is 17.1 Å². The van der Waals surface area contributed by atoms with Crippen LogP contribution in [0.25, 0.3) is 0 Å². The number of nitrogens with one attached hydrogen (secondary N) is 1. The number of hydrazine groups is 1. The van der Waals surface area contributed by atoms with Crippen molar-refractivity contribution >= 4 is 17.1 Å². The lowest BCUT2D eigenvalue weighted by atomic mass is 10.2. The van der Waals surface area contributed by atoms with Crippen molar-refractivity contribution in [1.29, 1.82) is 0 Å². The summed E-state index contributed by atoms with van der Waals surface area (Å²) < 4.78 is 0. The number of hydrogen-bond acceptors (Lipinski definition) is 6. The molecule has 1 heterocycles. The Morgan fingerprint density at radius 2 is 2.00 bits per heavy atom. The third-order valence-corrected chi connectivity index (χ3v) is 3.20. The van der Waals surface area contributed by atoms with Gasteiger partial charge >= 0.3 is 5.69 Å². The molecule has 1 aliphatic rings. The van der Waals surface area contributed by atoms with E-state index in [0.29, 0.717) is 11.4 Å². The number of likely N-dealkylation sites (N-methyl/N-ethyl adjacent to an activating group) is 1. The Labute approximate surface area is 105 Å². The predicted octanol–water partition coefficient (Wildman–Crippen LogP) is 0.632.